The van der Waals surface area contributed by atoms with Gasteiger partial charge in [-0.1, -0.05) is 59.0 Å². The maximum Gasteiger partial charge on any atom is 0.411 e. The van der Waals surface area contributed by atoms with Gasteiger partial charge in [-0.05, 0) is 59.7 Å². The maximum atomic E-state index is 14.7. The highest BCUT2D eigenvalue weighted by Gasteiger charge is 2.72. The van der Waals surface area contributed by atoms with Crippen molar-refractivity contribution in [2.24, 2.45) is 20.7 Å². The highest BCUT2D eigenvalue weighted by molar-refractivity contribution is 5.55. The molecule has 0 aliphatic carbocycles. The molecule has 4 rings (SSSR count). The van der Waals surface area contributed by atoms with Crippen LogP contribution in [-0.2, 0) is 5.41 Å². The van der Waals surface area contributed by atoms with Crippen molar-refractivity contribution >= 4 is 11.4 Å². The summed E-state index contributed by atoms with van der Waals surface area (Å²) in [5.74, 6) is 0.403. The van der Waals surface area contributed by atoms with Crippen LogP contribution in [0.5, 0.6) is 23.0 Å². The summed E-state index contributed by atoms with van der Waals surface area (Å²) in [6.07, 6.45) is -11.5. The van der Waals surface area contributed by atoms with Crippen molar-refractivity contribution < 1.29 is 35.8 Å². The van der Waals surface area contributed by atoms with E-state index < -0.39 is 28.9 Å². The SMILES string of the molecule is CN(C)N=Nc1ccccc1Oc1ccc(C(c2ccc(Oc3ccccc3N=NN(C)C)cc2)(C(F)(F)F)C(F)(F)F)cc1. The number of hydrogen-bond acceptors (Lipinski definition) is 6. The van der Waals surface area contributed by atoms with Crippen LogP contribution in [0.15, 0.2) is 118 Å². The van der Waals surface area contributed by atoms with E-state index in [0.717, 1.165) is 48.5 Å². The van der Waals surface area contributed by atoms with Crippen LogP contribution in [0.3, 0.4) is 0 Å². The molecule has 4 aromatic rings. The standard InChI is InChI=1S/C31H28F6N6O2/c1-42(2)40-38-25-9-5-7-11-27(25)44-23-17-13-21(14-18-23)29(30(32,33)34,31(35,36)37)22-15-19-24(20-16-22)45-28-12-8-6-10-26(28)39-41-43(3)4/h5-20H,1-4H3. The third kappa shape index (κ3) is 7.33. The molecule has 45 heavy (non-hydrogen) atoms. The van der Waals surface area contributed by atoms with Crippen LogP contribution >= 0.6 is 0 Å². The fourth-order valence-corrected chi connectivity index (χ4v) is 4.31. The second-order valence-electron chi connectivity index (χ2n) is 10.0. The predicted molar refractivity (Wildman–Crippen MR) is 155 cm³/mol. The number of ether oxygens (including phenoxy) is 2. The van der Waals surface area contributed by atoms with Crippen molar-refractivity contribution in [3.63, 3.8) is 0 Å². The molecule has 0 unspecified atom stereocenters. The van der Waals surface area contributed by atoms with Crippen molar-refractivity contribution in [3.05, 3.63) is 108 Å². The summed E-state index contributed by atoms with van der Waals surface area (Å²) in [6.45, 7) is 0. The highest BCUT2D eigenvalue weighted by atomic mass is 19.4. The van der Waals surface area contributed by atoms with Crippen LogP contribution in [0.4, 0.5) is 37.7 Å². The zero-order valence-corrected chi connectivity index (χ0v) is 24.5. The van der Waals surface area contributed by atoms with Gasteiger partial charge in [0, 0.05) is 28.2 Å². The van der Waals surface area contributed by atoms with Crippen LogP contribution in [0.1, 0.15) is 11.1 Å². The van der Waals surface area contributed by atoms with Crippen LogP contribution in [0.2, 0.25) is 0 Å². The Balaban J connectivity index is 1.70. The summed E-state index contributed by atoms with van der Waals surface area (Å²) in [5.41, 5.74) is -5.83. The highest BCUT2D eigenvalue weighted by Crippen LogP contribution is 2.56. The normalized spacial score (nSPS) is 12.5. The summed E-state index contributed by atoms with van der Waals surface area (Å²) in [4.78, 5) is 0. The van der Waals surface area contributed by atoms with E-state index in [9.17, 15) is 26.3 Å². The van der Waals surface area contributed by atoms with E-state index >= 15 is 0 Å². The topological polar surface area (TPSA) is 74.4 Å². The third-order valence-electron chi connectivity index (χ3n) is 6.27. The first kappa shape index (κ1) is 32.8. The molecule has 0 bridgehead atoms. The molecule has 236 valence electrons. The second kappa shape index (κ2) is 13.2. The Hall–Kier alpha value is -5.14. The lowest BCUT2D eigenvalue weighted by molar-refractivity contribution is -0.288. The van der Waals surface area contributed by atoms with Gasteiger partial charge in [-0.2, -0.15) is 26.3 Å². The van der Waals surface area contributed by atoms with E-state index in [-0.39, 0.29) is 23.0 Å². The number of para-hydroxylation sites is 2. The van der Waals surface area contributed by atoms with Crippen molar-refractivity contribution in [2.45, 2.75) is 17.8 Å². The van der Waals surface area contributed by atoms with Crippen LogP contribution in [0, 0.1) is 0 Å². The molecule has 0 aliphatic rings. The molecular weight excluding hydrogens is 602 g/mol. The third-order valence-corrected chi connectivity index (χ3v) is 6.27. The number of alkyl halides is 6. The number of nitrogens with zero attached hydrogens (tertiary/aromatic N) is 6. The van der Waals surface area contributed by atoms with Crippen LogP contribution < -0.4 is 9.47 Å². The molecule has 0 aliphatic heterocycles. The maximum absolute atomic E-state index is 14.7. The number of hydrogen-bond donors (Lipinski definition) is 0. The quantitative estimate of drug-likeness (QED) is 0.0993. The Morgan fingerprint density at radius 2 is 0.822 bits per heavy atom. The van der Waals surface area contributed by atoms with E-state index in [2.05, 4.69) is 20.7 Å². The van der Waals surface area contributed by atoms with E-state index in [4.69, 9.17) is 9.47 Å². The molecule has 0 saturated carbocycles. The Kier molecular flexibility index (Phi) is 9.64. The summed E-state index contributed by atoms with van der Waals surface area (Å²) >= 11 is 0. The Bertz CT molecular complexity index is 1510. The molecule has 0 aromatic heterocycles. The van der Waals surface area contributed by atoms with E-state index in [0.29, 0.717) is 11.4 Å². The molecule has 0 atom stereocenters. The first-order valence-corrected chi connectivity index (χ1v) is 13.3. The second-order valence-corrected chi connectivity index (χ2v) is 10.0. The van der Waals surface area contributed by atoms with E-state index in [1.807, 2.05) is 0 Å². The Morgan fingerprint density at radius 3 is 1.13 bits per heavy atom. The number of halogens is 6. The summed E-state index contributed by atoms with van der Waals surface area (Å²) in [7, 11) is 6.61. The molecular formula is C31H28F6N6O2. The number of rotatable bonds is 10. The lowest BCUT2D eigenvalue weighted by Gasteiger charge is -2.38. The Labute approximate surface area is 255 Å². The van der Waals surface area contributed by atoms with Crippen LogP contribution in [-0.4, -0.2) is 50.6 Å². The zero-order valence-electron chi connectivity index (χ0n) is 24.5. The summed E-state index contributed by atoms with van der Waals surface area (Å²) < 4.78 is 99.7. The smallest absolute Gasteiger partial charge is 0.411 e. The van der Waals surface area contributed by atoms with Crippen molar-refractivity contribution in [2.75, 3.05) is 28.2 Å². The van der Waals surface area contributed by atoms with Gasteiger partial charge in [0.2, 0.25) is 5.41 Å². The molecule has 14 heteroatoms. The lowest BCUT2D eigenvalue weighted by atomic mass is 9.73. The van der Waals surface area contributed by atoms with Crippen molar-refractivity contribution in [1.29, 1.82) is 0 Å². The van der Waals surface area contributed by atoms with E-state index in [1.54, 1.807) is 76.7 Å². The van der Waals surface area contributed by atoms with Crippen LogP contribution in [0.25, 0.3) is 0 Å². The fraction of sp³-hybridized carbons (Fsp3) is 0.226. The van der Waals surface area contributed by atoms with Gasteiger partial charge >= 0.3 is 12.4 Å². The minimum Gasteiger partial charge on any atom is -0.455 e. The van der Waals surface area contributed by atoms with Crippen molar-refractivity contribution in [3.8, 4) is 23.0 Å². The van der Waals surface area contributed by atoms with Gasteiger partial charge in [0.1, 0.15) is 22.9 Å². The van der Waals surface area contributed by atoms with Crippen molar-refractivity contribution in [1.82, 2.24) is 10.0 Å². The predicted octanol–water partition coefficient (Wildman–Crippen LogP) is 9.80. The molecule has 0 spiro atoms. The molecule has 0 saturated heterocycles. The largest absolute Gasteiger partial charge is 0.455 e. The van der Waals surface area contributed by atoms with Gasteiger partial charge in [-0.15, -0.1) is 10.2 Å². The molecule has 0 amide bonds. The molecule has 8 nitrogen and oxygen atoms in total. The number of benzene rings is 4. The lowest BCUT2D eigenvalue weighted by Crippen LogP contribution is -2.54. The fourth-order valence-electron chi connectivity index (χ4n) is 4.31. The summed E-state index contributed by atoms with van der Waals surface area (Å²) in [6, 6.07) is 20.0. The first-order chi connectivity index (χ1) is 21.2. The average Bonchev–Trinajstić information content (AvgIpc) is 2.97. The van der Waals surface area contributed by atoms with Gasteiger partial charge in [0.25, 0.3) is 0 Å². The first-order valence-electron chi connectivity index (χ1n) is 13.3. The van der Waals surface area contributed by atoms with Gasteiger partial charge in [0.05, 0.1) is 0 Å². The van der Waals surface area contributed by atoms with Gasteiger partial charge in [-0.25, -0.2) is 0 Å². The summed E-state index contributed by atoms with van der Waals surface area (Å²) in [5, 5.41) is 18.7. The van der Waals surface area contributed by atoms with Gasteiger partial charge in [-0.3, -0.25) is 10.0 Å². The molecule has 0 heterocycles. The molecule has 4 aromatic carbocycles. The zero-order chi connectivity index (χ0) is 32.8. The molecule has 0 fully saturated rings. The average molecular weight is 631 g/mol. The monoisotopic (exact) mass is 630 g/mol. The van der Waals surface area contributed by atoms with E-state index in [1.165, 1.54) is 10.0 Å². The molecule has 0 N–H and O–H groups in total. The van der Waals surface area contributed by atoms with Gasteiger partial charge < -0.3 is 9.47 Å². The molecule has 0 radical (unpaired) electrons. The Morgan fingerprint density at radius 1 is 0.489 bits per heavy atom. The minimum absolute atomic E-state index is 0.00155. The van der Waals surface area contributed by atoms with Gasteiger partial charge in [0.15, 0.2) is 11.5 Å². The minimum atomic E-state index is -5.77.